The molecule has 1 aliphatic rings. The van der Waals surface area contributed by atoms with Crippen LogP contribution in [-0.2, 0) is 0 Å². The predicted octanol–water partition coefficient (Wildman–Crippen LogP) is 4.58. The Morgan fingerprint density at radius 2 is 1.81 bits per heavy atom. The van der Waals surface area contributed by atoms with Gasteiger partial charge in [0.25, 0.3) is 0 Å². The zero-order valence-corrected chi connectivity index (χ0v) is 12.3. The van der Waals surface area contributed by atoms with Gasteiger partial charge in [-0.25, -0.2) is 0 Å². The highest BCUT2D eigenvalue weighted by Crippen LogP contribution is 2.36. The molecule has 0 atom stereocenters. The van der Waals surface area contributed by atoms with Gasteiger partial charge in [-0.15, -0.1) is 0 Å². The lowest BCUT2D eigenvalue weighted by molar-refractivity contribution is 0.103. The molecule has 21 heavy (non-hydrogen) atoms. The van der Waals surface area contributed by atoms with E-state index in [2.05, 4.69) is 12.1 Å². The third kappa shape index (κ3) is 2.85. The van der Waals surface area contributed by atoms with Gasteiger partial charge in [0.15, 0.2) is 5.78 Å². The smallest absolute Gasteiger partial charge is 0.196 e. The summed E-state index contributed by atoms with van der Waals surface area (Å²) >= 11 is 0. The van der Waals surface area contributed by atoms with E-state index in [1.54, 1.807) is 0 Å². The summed E-state index contributed by atoms with van der Waals surface area (Å²) < 4.78 is 5.55. The second kappa shape index (κ2) is 6.13. The summed E-state index contributed by atoms with van der Waals surface area (Å²) in [6, 6.07) is 15.5. The van der Waals surface area contributed by atoms with Gasteiger partial charge >= 0.3 is 0 Å². The van der Waals surface area contributed by atoms with Gasteiger partial charge in [-0.05, 0) is 43.4 Å². The monoisotopic (exact) mass is 280 g/mol. The molecule has 0 N–H and O–H groups in total. The maximum Gasteiger partial charge on any atom is 0.196 e. The van der Waals surface area contributed by atoms with E-state index in [-0.39, 0.29) is 5.78 Å². The molecule has 0 aromatic heterocycles. The van der Waals surface area contributed by atoms with Crippen LogP contribution in [0.2, 0.25) is 0 Å². The van der Waals surface area contributed by atoms with Gasteiger partial charge in [-0.3, -0.25) is 4.79 Å². The molecule has 2 aromatic rings. The van der Waals surface area contributed by atoms with Crippen molar-refractivity contribution >= 4 is 5.78 Å². The van der Waals surface area contributed by atoms with Crippen molar-refractivity contribution in [1.29, 1.82) is 0 Å². The van der Waals surface area contributed by atoms with Crippen LogP contribution in [0.1, 0.15) is 53.6 Å². The third-order valence-corrected chi connectivity index (χ3v) is 4.18. The van der Waals surface area contributed by atoms with Crippen LogP contribution in [0.5, 0.6) is 5.75 Å². The van der Waals surface area contributed by atoms with Gasteiger partial charge in [-0.2, -0.15) is 0 Å². The maximum absolute atomic E-state index is 12.6. The minimum Gasteiger partial charge on any atom is -0.493 e. The molecular formula is C19H20O2. The van der Waals surface area contributed by atoms with Crippen molar-refractivity contribution in [2.75, 3.05) is 6.61 Å². The van der Waals surface area contributed by atoms with E-state index < -0.39 is 0 Å². The van der Waals surface area contributed by atoms with Crippen LogP contribution in [0.25, 0.3) is 0 Å². The second-order valence-electron chi connectivity index (χ2n) is 5.51. The Morgan fingerprint density at radius 1 is 1.10 bits per heavy atom. The molecule has 2 heteroatoms. The third-order valence-electron chi connectivity index (χ3n) is 4.18. The molecule has 0 unspecified atom stereocenters. The summed E-state index contributed by atoms with van der Waals surface area (Å²) in [5.41, 5.74) is 2.72. The van der Waals surface area contributed by atoms with Crippen molar-refractivity contribution < 1.29 is 9.53 Å². The van der Waals surface area contributed by atoms with Crippen LogP contribution in [0.15, 0.2) is 48.5 Å². The molecule has 2 aromatic carbocycles. The van der Waals surface area contributed by atoms with E-state index in [0.29, 0.717) is 23.8 Å². The molecule has 108 valence electrons. The Morgan fingerprint density at radius 3 is 2.43 bits per heavy atom. The zero-order valence-electron chi connectivity index (χ0n) is 12.3. The van der Waals surface area contributed by atoms with E-state index in [9.17, 15) is 4.79 Å². The van der Waals surface area contributed by atoms with Crippen molar-refractivity contribution in [3.05, 3.63) is 65.2 Å². The number of carbonyl (C=O) groups is 1. The largest absolute Gasteiger partial charge is 0.493 e. The minimum atomic E-state index is 0.0270. The Bertz CT molecular complexity index is 624. The van der Waals surface area contributed by atoms with Crippen LogP contribution in [-0.4, -0.2) is 12.4 Å². The predicted molar refractivity (Wildman–Crippen MR) is 84.1 cm³/mol. The van der Waals surface area contributed by atoms with Crippen LogP contribution < -0.4 is 4.74 Å². The van der Waals surface area contributed by atoms with Gasteiger partial charge in [0.2, 0.25) is 0 Å². The van der Waals surface area contributed by atoms with E-state index >= 15 is 0 Å². The highest BCUT2D eigenvalue weighted by molar-refractivity contribution is 6.10. The first kappa shape index (κ1) is 13.9. The number of para-hydroxylation sites is 1. The first-order valence-corrected chi connectivity index (χ1v) is 7.66. The Balaban J connectivity index is 1.84. The molecular weight excluding hydrogens is 260 g/mol. The van der Waals surface area contributed by atoms with Crippen LogP contribution in [0.4, 0.5) is 0 Å². The lowest BCUT2D eigenvalue weighted by Gasteiger charge is -2.25. The van der Waals surface area contributed by atoms with E-state index in [1.807, 2.05) is 43.3 Å². The van der Waals surface area contributed by atoms with E-state index in [4.69, 9.17) is 4.74 Å². The van der Waals surface area contributed by atoms with E-state index in [1.165, 1.54) is 24.8 Å². The molecule has 0 heterocycles. The van der Waals surface area contributed by atoms with Crippen molar-refractivity contribution in [2.45, 2.75) is 32.1 Å². The molecule has 0 spiro atoms. The second-order valence-corrected chi connectivity index (χ2v) is 5.51. The summed E-state index contributed by atoms with van der Waals surface area (Å²) in [5.74, 6) is 1.39. The molecule has 1 fully saturated rings. The molecule has 3 rings (SSSR count). The summed E-state index contributed by atoms with van der Waals surface area (Å²) in [5, 5.41) is 0. The summed E-state index contributed by atoms with van der Waals surface area (Å²) in [6.45, 7) is 2.49. The van der Waals surface area contributed by atoms with Crippen molar-refractivity contribution in [3.8, 4) is 5.75 Å². The van der Waals surface area contributed by atoms with Gasteiger partial charge < -0.3 is 4.74 Å². The molecule has 0 bridgehead atoms. The number of hydrogen-bond donors (Lipinski definition) is 0. The first-order valence-electron chi connectivity index (χ1n) is 7.66. The number of benzene rings is 2. The summed E-state index contributed by atoms with van der Waals surface area (Å²) in [6.07, 6.45) is 3.88. The molecule has 0 radical (unpaired) electrons. The lowest BCUT2D eigenvalue weighted by atomic mass is 9.80. The van der Waals surface area contributed by atoms with Crippen molar-refractivity contribution in [1.82, 2.24) is 0 Å². The first-order chi connectivity index (χ1) is 10.3. The fourth-order valence-electron chi connectivity index (χ4n) is 2.74. The Labute approximate surface area is 125 Å². The number of ketones is 1. The normalized spacial score (nSPS) is 14.5. The molecule has 1 saturated carbocycles. The van der Waals surface area contributed by atoms with Crippen LogP contribution in [0.3, 0.4) is 0 Å². The van der Waals surface area contributed by atoms with Gasteiger partial charge in [-0.1, -0.05) is 42.8 Å². The van der Waals surface area contributed by atoms with E-state index in [0.717, 1.165) is 5.56 Å². The SMILES string of the molecule is CCOc1ccccc1C(=O)c1ccc(C2CCC2)cc1. The average molecular weight is 280 g/mol. The molecule has 2 nitrogen and oxygen atoms in total. The van der Waals surface area contributed by atoms with Crippen molar-refractivity contribution in [3.63, 3.8) is 0 Å². The fourth-order valence-corrected chi connectivity index (χ4v) is 2.74. The van der Waals surface area contributed by atoms with Crippen LogP contribution >= 0.6 is 0 Å². The van der Waals surface area contributed by atoms with Gasteiger partial charge in [0, 0.05) is 5.56 Å². The number of carbonyl (C=O) groups excluding carboxylic acids is 1. The highest BCUT2D eigenvalue weighted by Gasteiger charge is 2.20. The Kier molecular flexibility index (Phi) is 4.05. The molecule has 0 saturated heterocycles. The molecule has 0 aliphatic heterocycles. The van der Waals surface area contributed by atoms with Crippen LogP contribution in [0, 0.1) is 0 Å². The quantitative estimate of drug-likeness (QED) is 0.749. The highest BCUT2D eigenvalue weighted by atomic mass is 16.5. The molecule has 1 aliphatic carbocycles. The molecule has 0 amide bonds. The fraction of sp³-hybridized carbons (Fsp3) is 0.316. The van der Waals surface area contributed by atoms with Crippen molar-refractivity contribution in [2.24, 2.45) is 0 Å². The number of ether oxygens (including phenoxy) is 1. The summed E-state index contributed by atoms with van der Waals surface area (Å²) in [4.78, 5) is 12.6. The van der Waals surface area contributed by atoms with Gasteiger partial charge in [0.1, 0.15) is 5.75 Å². The maximum atomic E-state index is 12.6. The minimum absolute atomic E-state index is 0.0270. The standard InChI is InChI=1S/C19H20O2/c1-2-21-18-9-4-3-8-17(18)19(20)16-12-10-15(11-13-16)14-6-5-7-14/h3-4,8-14H,2,5-7H2,1H3. The van der Waals surface area contributed by atoms with Gasteiger partial charge in [0.05, 0.1) is 12.2 Å². The number of hydrogen-bond acceptors (Lipinski definition) is 2. The lowest BCUT2D eigenvalue weighted by Crippen LogP contribution is -2.09. The zero-order chi connectivity index (χ0) is 14.7. The summed E-state index contributed by atoms with van der Waals surface area (Å²) in [7, 11) is 0. The average Bonchev–Trinajstić information content (AvgIpc) is 2.47. The Hall–Kier alpha value is -2.09. The number of rotatable bonds is 5. The topological polar surface area (TPSA) is 26.3 Å².